The van der Waals surface area contributed by atoms with Crippen molar-refractivity contribution in [2.75, 3.05) is 12.8 Å². The van der Waals surface area contributed by atoms with Crippen molar-refractivity contribution in [1.29, 1.82) is 0 Å². The molecule has 2 heterocycles. The molecule has 110 valence electrons. The predicted molar refractivity (Wildman–Crippen MR) is 82.6 cm³/mol. The monoisotopic (exact) mass is 323 g/mol. The first kappa shape index (κ1) is 14.0. The number of aromatic nitrogens is 3. The van der Waals surface area contributed by atoms with Crippen LogP contribution in [0.15, 0.2) is 23.1 Å². The first-order valence-corrected chi connectivity index (χ1v) is 8.37. The van der Waals surface area contributed by atoms with Crippen molar-refractivity contribution in [2.24, 2.45) is 0 Å². The summed E-state index contributed by atoms with van der Waals surface area (Å²) in [6, 6.07) is 4.82. The van der Waals surface area contributed by atoms with Gasteiger partial charge in [0.25, 0.3) is 0 Å². The number of fused-ring (bicyclic) bond motifs is 1. The highest BCUT2D eigenvalue weighted by Crippen LogP contribution is 2.35. The van der Waals surface area contributed by atoms with Crippen LogP contribution in [0.1, 0.15) is 5.69 Å². The van der Waals surface area contributed by atoms with Gasteiger partial charge in [0.1, 0.15) is 5.01 Å². The van der Waals surface area contributed by atoms with Gasteiger partial charge in [0.15, 0.2) is 5.82 Å². The van der Waals surface area contributed by atoms with E-state index in [1.165, 1.54) is 24.5 Å². The molecule has 3 aromatic rings. The van der Waals surface area contributed by atoms with E-state index < -0.39 is 10.0 Å². The van der Waals surface area contributed by atoms with E-state index in [2.05, 4.69) is 19.9 Å². The quantitative estimate of drug-likeness (QED) is 0.675. The molecule has 2 aromatic heterocycles. The Morgan fingerprint density at radius 2 is 2.14 bits per heavy atom. The maximum absolute atomic E-state index is 11.8. The zero-order chi connectivity index (χ0) is 15.2. The lowest BCUT2D eigenvalue weighted by Gasteiger charge is -2.00. The highest BCUT2D eigenvalue weighted by Gasteiger charge is 2.17. The number of hydrogen-bond acceptors (Lipinski definition) is 6. The summed E-state index contributed by atoms with van der Waals surface area (Å²) in [5.41, 5.74) is 8.15. The molecule has 0 bridgehead atoms. The van der Waals surface area contributed by atoms with Gasteiger partial charge >= 0.3 is 0 Å². The van der Waals surface area contributed by atoms with Crippen molar-refractivity contribution < 1.29 is 8.42 Å². The summed E-state index contributed by atoms with van der Waals surface area (Å²) < 4.78 is 26.7. The Morgan fingerprint density at radius 3 is 2.76 bits per heavy atom. The molecule has 0 saturated heterocycles. The van der Waals surface area contributed by atoms with E-state index in [0.29, 0.717) is 10.8 Å². The number of aryl methyl sites for hydroxylation is 1. The normalized spacial score (nSPS) is 12.1. The Balaban J connectivity index is 2.18. The van der Waals surface area contributed by atoms with Crippen molar-refractivity contribution in [2.45, 2.75) is 11.8 Å². The fraction of sp³-hybridized carbons (Fsp3) is 0.167. The molecule has 4 N–H and O–H groups in total. The summed E-state index contributed by atoms with van der Waals surface area (Å²) in [6.07, 6.45) is 0. The van der Waals surface area contributed by atoms with Gasteiger partial charge < -0.3 is 5.73 Å². The number of nitrogens with one attached hydrogen (secondary N) is 2. The lowest BCUT2D eigenvalue weighted by Crippen LogP contribution is -2.18. The second-order valence-electron chi connectivity index (χ2n) is 4.46. The lowest BCUT2D eigenvalue weighted by molar-refractivity contribution is 0.588. The smallest absolute Gasteiger partial charge is 0.240 e. The van der Waals surface area contributed by atoms with E-state index in [4.69, 9.17) is 5.73 Å². The maximum Gasteiger partial charge on any atom is 0.240 e. The molecule has 0 fully saturated rings. The van der Waals surface area contributed by atoms with Gasteiger partial charge in [-0.2, -0.15) is 5.10 Å². The molecule has 9 heteroatoms. The van der Waals surface area contributed by atoms with Crippen LogP contribution in [-0.4, -0.2) is 30.6 Å². The molecule has 0 atom stereocenters. The van der Waals surface area contributed by atoms with Crippen LogP contribution in [-0.2, 0) is 10.0 Å². The van der Waals surface area contributed by atoms with Gasteiger partial charge in [0, 0.05) is 5.69 Å². The third-order valence-corrected chi connectivity index (χ3v) is 5.58. The number of nitrogen functional groups attached to an aromatic ring is 1. The SMILES string of the molecule is CNS(=O)(=O)c1ccc2nc(-c3c(N)n[nH]c3C)sc2c1. The van der Waals surface area contributed by atoms with Crippen LogP contribution in [0.3, 0.4) is 0 Å². The minimum absolute atomic E-state index is 0.213. The molecule has 0 radical (unpaired) electrons. The average Bonchev–Trinajstić information content (AvgIpc) is 3.00. The number of nitrogens with two attached hydrogens (primary N) is 1. The maximum atomic E-state index is 11.8. The molecule has 0 unspecified atom stereocenters. The van der Waals surface area contributed by atoms with Crippen LogP contribution in [0.5, 0.6) is 0 Å². The lowest BCUT2D eigenvalue weighted by atomic mass is 10.2. The molecule has 0 spiro atoms. The Hall–Kier alpha value is -1.97. The minimum atomic E-state index is -3.46. The molecule has 0 saturated carbocycles. The summed E-state index contributed by atoms with van der Waals surface area (Å²) in [7, 11) is -2.08. The topological polar surface area (TPSA) is 114 Å². The molecule has 0 amide bonds. The summed E-state index contributed by atoms with van der Waals surface area (Å²) in [5.74, 6) is 0.384. The van der Waals surface area contributed by atoms with Gasteiger partial charge in [-0.15, -0.1) is 11.3 Å². The molecular formula is C12H13N5O2S2. The van der Waals surface area contributed by atoms with Crippen molar-refractivity contribution >= 4 is 37.4 Å². The summed E-state index contributed by atoms with van der Waals surface area (Å²) >= 11 is 1.38. The summed E-state index contributed by atoms with van der Waals surface area (Å²) in [6.45, 7) is 1.86. The second kappa shape index (κ2) is 4.79. The molecule has 1 aromatic carbocycles. The van der Waals surface area contributed by atoms with E-state index in [1.54, 1.807) is 12.1 Å². The van der Waals surface area contributed by atoms with Crippen molar-refractivity contribution in [3.63, 3.8) is 0 Å². The number of nitrogens with zero attached hydrogens (tertiary/aromatic N) is 2. The highest BCUT2D eigenvalue weighted by molar-refractivity contribution is 7.89. The Morgan fingerprint density at radius 1 is 1.38 bits per heavy atom. The number of anilines is 1. The van der Waals surface area contributed by atoms with Crippen LogP contribution in [0.2, 0.25) is 0 Å². The Kier molecular flexibility index (Phi) is 3.19. The van der Waals surface area contributed by atoms with Crippen molar-refractivity contribution in [3.05, 3.63) is 23.9 Å². The van der Waals surface area contributed by atoms with Gasteiger partial charge in [-0.05, 0) is 32.2 Å². The number of H-pyrrole nitrogens is 1. The largest absolute Gasteiger partial charge is 0.382 e. The zero-order valence-electron chi connectivity index (χ0n) is 11.3. The first-order valence-electron chi connectivity index (χ1n) is 6.07. The van der Waals surface area contributed by atoms with Crippen molar-refractivity contribution in [1.82, 2.24) is 19.9 Å². The van der Waals surface area contributed by atoms with E-state index in [-0.39, 0.29) is 4.90 Å². The van der Waals surface area contributed by atoms with Crippen molar-refractivity contribution in [3.8, 4) is 10.6 Å². The van der Waals surface area contributed by atoms with Crippen LogP contribution >= 0.6 is 11.3 Å². The fourth-order valence-electron chi connectivity index (χ4n) is 2.01. The third-order valence-electron chi connectivity index (χ3n) is 3.13. The van der Waals surface area contributed by atoms with Gasteiger partial charge in [0.05, 0.1) is 20.7 Å². The van der Waals surface area contributed by atoms with Crippen LogP contribution < -0.4 is 10.5 Å². The van der Waals surface area contributed by atoms with Gasteiger partial charge in [-0.3, -0.25) is 5.10 Å². The third kappa shape index (κ3) is 2.28. The standard InChI is InChI=1S/C12H13N5O2S2/c1-6-10(11(13)17-16-6)12-15-8-4-3-7(5-9(8)20-12)21(18,19)14-2/h3-5,14H,1-2H3,(H3,13,16,17). The predicted octanol–water partition coefficient (Wildman–Crippen LogP) is 1.49. The first-order chi connectivity index (χ1) is 9.92. The molecule has 3 rings (SSSR count). The number of rotatable bonds is 3. The molecule has 21 heavy (non-hydrogen) atoms. The van der Waals surface area contributed by atoms with E-state index >= 15 is 0 Å². The molecule has 7 nitrogen and oxygen atoms in total. The van der Waals surface area contributed by atoms with Crippen LogP contribution in [0.25, 0.3) is 20.8 Å². The fourth-order valence-corrected chi connectivity index (χ4v) is 3.96. The Bertz CT molecular complexity index is 907. The number of aromatic amines is 1. The second-order valence-corrected chi connectivity index (χ2v) is 7.38. The minimum Gasteiger partial charge on any atom is -0.382 e. The highest BCUT2D eigenvalue weighted by atomic mass is 32.2. The number of benzene rings is 1. The molecule has 0 aliphatic heterocycles. The van der Waals surface area contributed by atoms with E-state index in [1.807, 2.05) is 6.92 Å². The number of sulfonamides is 1. The molecular weight excluding hydrogens is 310 g/mol. The summed E-state index contributed by atoms with van der Waals surface area (Å²) in [4.78, 5) is 4.70. The number of thiazole rings is 1. The zero-order valence-corrected chi connectivity index (χ0v) is 13.0. The van der Waals surface area contributed by atoms with E-state index in [0.717, 1.165) is 21.5 Å². The van der Waals surface area contributed by atoms with Gasteiger partial charge in [-0.25, -0.2) is 18.1 Å². The van der Waals surface area contributed by atoms with Crippen LogP contribution in [0.4, 0.5) is 5.82 Å². The molecule has 0 aliphatic carbocycles. The number of hydrogen-bond donors (Lipinski definition) is 3. The van der Waals surface area contributed by atoms with E-state index in [9.17, 15) is 8.42 Å². The Labute approximate surface area is 125 Å². The van der Waals surface area contributed by atoms with Crippen LogP contribution in [0, 0.1) is 6.92 Å². The van der Waals surface area contributed by atoms with Gasteiger partial charge in [0.2, 0.25) is 10.0 Å². The van der Waals surface area contributed by atoms with Gasteiger partial charge in [-0.1, -0.05) is 0 Å². The summed E-state index contributed by atoms with van der Waals surface area (Å²) in [5, 5.41) is 7.47. The molecule has 0 aliphatic rings. The average molecular weight is 323 g/mol.